The number of aromatic nitrogens is 2. The Bertz CT molecular complexity index is 1430. The van der Waals surface area contributed by atoms with Gasteiger partial charge < -0.3 is 9.47 Å². The van der Waals surface area contributed by atoms with E-state index in [-0.39, 0.29) is 24.0 Å². The third-order valence-corrected chi connectivity index (χ3v) is 6.92. The van der Waals surface area contributed by atoms with E-state index in [0.717, 1.165) is 34.3 Å². The lowest BCUT2D eigenvalue weighted by Gasteiger charge is -2.35. The molecule has 0 spiro atoms. The van der Waals surface area contributed by atoms with Gasteiger partial charge in [0, 0.05) is 32.7 Å². The van der Waals surface area contributed by atoms with Crippen molar-refractivity contribution in [3.63, 3.8) is 0 Å². The Morgan fingerprint density at radius 2 is 1.36 bits per heavy atom. The van der Waals surface area contributed by atoms with Crippen LogP contribution in [0.4, 0.5) is 36.7 Å². The third-order valence-electron chi connectivity index (χ3n) is 6.92. The molecule has 0 saturated carbocycles. The molecule has 4 nitrogen and oxygen atoms in total. The van der Waals surface area contributed by atoms with Gasteiger partial charge in [0.25, 0.3) is 0 Å². The molecule has 4 aromatic rings. The van der Waals surface area contributed by atoms with Crippen LogP contribution in [-0.2, 0) is 25.4 Å². The number of piperazine rings is 1. The first-order chi connectivity index (χ1) is 18.4. The van der Waals surface area contributed by atoms with Gasteiger partial charge in [-0.15, -0.1) is 0 Å². The van der Waals surface area contributed by atoms with Gasteiger partial charge in [-0.05, 0) is 60.0 Å². The Morgan fingerprint density at radius 1 is 0.744 bits per heavy atom. The van der Waals surface area contributed by atoms with Gasteiger partial charge in [-0.25, -0.2) is 9.37 Å². The average molecular weight is 551 g/mol. The predicted molar refractivity (Wildman–Crippen MR) is 134 cm³/mol. The fourth-order valence-electron chi connectivity index (χ4n) is 4.92. The molecule has 2 heterocycles. The van der Waals surface area contributed by atoms with Crippen LogP contribution < -0.4 is 4.90 Å². The average Bonchev–Trinajstić information content (AvgIpc) is 3.24. The molecule has 39 heavy (non-hydrogen) atoms. The third kappa shape index (κ3) is 5.88. The topological polar surface area (TPSA) is 24.3 Å². The summed E-state index contributed by atoms with van der Waals surface area (Å²) in [6.45, 7) is 4.20. The van der Waals surface area contributed by atoms with E-state index < -0.39 is 23.5 Å². The molecule has 1 saturated heterocycles. The van der Waals surface area contributed by atoms with Crippen molar-refractivity contribution in [2.75, 3.05) is 31.1 Å². The highest BCUT2D eigenvalue weighted by molar-refractivity contribution is 5.82. The van der Waals surface area contributed by atoms with Crippen molar-refractivity contribution < 1.29 is 30.7 Å². The van der Waals surface area contributed by atoms with Crippen molar-refractivity contribution in [1.82, 2.24) is 14.5 Å². The van der Waals surface area contributed by atoms with Crippen molar-refractivity contribution in [3.05, 3.63) is 94.3 Å². The fraction of sp³-hybridized carbons (Fsp3) is 0.321. The summed E-state index contributed by atoms with van der Waals surface area (Å²) in [5.41, 5.74) is 0.981. The van der Waals surface area contributed by atoms with Crippen LogP contribution in [0, 0.1) is 12.7 Å². The number of alkyl halides is 6. The minimum Gasteiger partial charge on any atom is -0.340 e. The molecule has 1 aliphatic heterocycles. The Hall–Kier alpha value is -3.60. The number of nitrogens with zero attached hydrogens (tertiary/aromatic N) is 4. The molecule has 1 aliphatic rings. The molecule has 5 rings (SSSR count). The van der Waals surface area contributed by atoms with Gasteiger partial charge in [-0.1, -0.05) is 24.3 Å². The Balaban J connectivity index is 1.37. The highest BCUT2D eigenvalue weighted by Gasteiger charge is 2.37. The van der Waals surface area contributed by atoms with Crippen LogP contribution in [0.15, 0.2) is 60.7 Å². The molecule has 1 fully saturated rings. The van der Waals surface area contributed by atoms with Crippen LogP contribution in [-0.4, -0.2) is 40.6 Å². The zero-order valence-electron chi connectivity index (χ0n) is 21.0. The summed E-state index contributed by atoms with van der Waals surface area (Å²) < 4.78 is 95.1. The second-order valence-electron chi connectivity index (χ2n) is 9.74. The number of hydrogen-bond acceptors (Lipinski definition) is 3. The van der Waals surface area contributed by atoms with Gasteiger partial charge >= 0.3 is 12.4 Å². The molecule has 0 aliphatic carbocycles. The zero-order valence-corrected chi connectivity index (χ0v) is 21.0. The van der Waals surface area contributed by atoms with E-state index in [1.54, 1.807) is 12.1 Å². The molecule has 11 heteroatoms. The van der Waals surface area contributed by atoms with Crippen molar-refractivity contribution in [2.24, 2.45) is 0 Å². The molecule has 0 unspecified atom stereocenters. The van der Waals surface area contributed by atoms with Crippen molar-refractivity contribution >= 4 is 17.0 Å². The first-order valence-corrected chi connectivity index (χ1v) is 12.3. The maximum Gasteiger partial charge on any atom is 0.416 e. The molecule has 0 bridgehead atoms. The number of halogens is 7. The summed E-state index contributed by atoms with van der Waals surface area (Å²) in [4.78, 5) is 8.78. The number of anilines is 1. The number of benzene rings is 3. The highest BCUT2D eigenvalue weighted by Crippen LogP contribution is 2.37. The van der Waals surface area contributed by atoms with Gasteiger partial charge in [-0.3, -0.25) is 4.90 Å². The summed E-state index contributed by atoms with van der Waals surface area (Å²) in [5.74, 6) is 0.381. The van der Waals surface area contributed by atoms with Crippen LogP contribution in [0.5, 0.6) is 0 Å². The van der Waals surface area contributed by atoms with Gasteiger partial charge in [0.05, 0.1) is 28.7 Å². The lowest BCUT2D eigenvalue weighted by molar-refractivity contribution is -0.143. The van der Waals surface area contributed by atoms with E-state index in [9.17, 15) is 30.7 Å². The van der Waals surface area contributed by atoms with Crippen LogP contribution in [0.25, 0.3) is 11.0 Å². The number of imidazole rings is 1. The molecule has 206 valence electrons. The fourth-order valence-corrected chi connectivity index (χ4v) is 4.92. The van der Waals surface area contributed by atoms with E-state index in [2.05, 4.69) is 4.90 Å². The molecule has 0 N–H and O–H groups in total. The van der Waals surface area contributed by atoms with Crippen molar-refractivity contribution in [2.45, 2.75) is 32.4 Å². The number of para-hydroxylation sites is 1. The standard InChI is InChI=1S/C28H25F7N4/c1-18-3-2-4-24-25(18)36-26(39(24)17-19-5-7-23(29)8-6-19)38-11-9-37(10-12-38)16-20-13-21(27(30,31)32)15-22(14-20)28(33,34)35/h2-8,13-15H,9-12,16-17H2,1H3. The lowest BCUT2D eigenvalue weighted by Crippen LogP contribution is -2.47. The largest absolute Gasteiger partial charge is 0.416 e. The molecule has 0 radical (unpaired) electrons. The number of hydrogen-bond donors (Lipinski definition) is 0. The molecular formula is C28H25F7N4. The minimum atomic E-state index is -4.88. The second-order valence-corrected chi connectivity index (χ2v) is 9.74. The Kier molecular flexibility index (Phi) is 7.04. The van der Waals surface area contributed by atoms with E-state index in [0.29, 0.717) is 38.7 Å². The summed E-state index contributed by atoms with van der Waals surface area (Å²) in [6, 6.07) is 13.8. The second kappa shape index (κ2) is 10.2. The maximum atomic E-state index is 13.5. The monoisotopic (exact) mass is 550 g/mol. The van der Waals surface area contributed by atoms with Gasteiger partial charge in [-0.2, -0.15) is 26.3 Å². The van der Waals surface area contributed by atoms with Crippen LogP contribution >= 0.6 is 0 Å². The van der Waals surface area contributed by atoms with Gasteiger partial charge in [0.2, 0.25) is 5.95 Å². The van der Waals surface area contributed by atoms with E-state index in [1.807, 2.05) is 34.6 Å². The van der Waals surface area contributed by atoms with Crippen LogP contribution in [0.2, 0.25) is 0 Å². The zero-order chi connectivity index (χ0) is 27.9. The van der Waals surface area contributed by atoms with E-state index in [4.69, 9.17) is 4.98 Å². The number of aryl methyl sites for hydroxylation is 1. The number of fused-ring (bicyclic) bond motifs is 1. The highest BCUT2D eigenvalue weighted by atomic mass is 19.4. The van der Waals surface area contributed by atoms with Gasteiger partial charge in [0.1, 0.15) is 5.82 Å². The summed E-state index contributed by atoms with van der Waals surface area (Å²) in [5, 5.41) is 0. The quantitative estimate of drug-likeness (QED) is 0.253. The molecule has 1 aromatic heterocycles. The SMILES string of the molecule is Cc1cccc2c1nc(N1CCN(Cc3cc(C(F)(F)F)cc(C(F)(F)F)c3)CC1)n2Cc1ccc(F)cc1. The minimum absolute atomic E-state index is 0.0358. The van der Waals surface area contributed by atoms with E-state index >= 15 is 0 Å². The summed E-state index contributed by atoms with van der Waals surface area (Å²) >= 11 is 0. The van der Waals surface area contributed by atoms with Gasteiger partial charge in [0.15, 0.2) is 0 Å². The Morgan fingerprint density at radius 3 is 1.95 bits per heavy atom. The number of rotatable bonds is 5. The first-order valence-electron chi connectivity index (χ1n) is 12.3. The van der Waals surface area contributed by atoms with Crippen molar-refractivity contribution in [3.8, 4) is 0 Å². The normalized spacial score (nSPS) is 15.3. The summed E-state index contributed by atoms with van der Waals surface area (Å²) in [6.07, 6.45) is -9.76. The molecule has 0 atom stereocenters. The first kappa shape index (κ1) is 27.0. The summed E-state index contributed by atoms with van der Waals surface area (Å²) in [7, 11) is 0. The lowest BCUT2D eigenvalue weighted by atomic mass is 10.0. The van der Waals surface area contributed by atoms with Crippen LogP contribution in [0.1, 0.15) is 27.8 Å². The van der Waals surface area contributed by atoms with Crippen molar-refractivity contribution in [1.29, 1.82) is 0 Å². The molecular weight excluding hydrogens is 525 g/mol. The smallest absolute Gasteiger partial charge is 0.340 e. The van der Waals surface area contributed by atoms with Crippen LogP contribution in [0.3, 0.4) is 0 Å². The van der Waals surface area contributed by atoms with E-state index in [1.165, 1.54) is 12.1 Å². The molecule has 3 aromatic carbocycles. The Labute approximate surface area is 220 Å². The predicted octanol–water partition coefficient (Wildman–Crippen LogP) is 6.89. The molecule has 0 amide bonds. The maximum absolute atomic E-state index is 13.5.